The van der Waals surface area contributed by atoms with E-state index in [0.717, 1.165) is 49.2 Å². The molecule has 2 N–H and O–H groups in total. The Hall–Kier alpha value is -2.82. The molecule has 1 aliphatic rings. The first-order valence-electron chi connectivity index (χ1n) is 9.02. The van der Waals surface area contributed by atoms with Crippen LogP contribution in [0.5, 0.6) is 0 Å². The molecule has 0 radical (unpaired) electrons. The number of likely N-dealkylation sites (N-methyl/N-ethyl adjacent to an activating group) is 1. The van der Waals surface area contributed by atoms with Crippen molar-refractivity contribution in [3.8, 4) is 12.5 Å². The van der Waals surface area contributed by atoms with Crippen molar-refractivity contribution in [1.82, 2.24) is 19.6 Å². The first-order chi connectivity index (χ1) is 13.1. The number of pyridine rings is 1. The summed E-state index contributed by atoms with van der Waals surface area (Å²) in [5.41, 5.74) is 2.67. The molecule has 0 bridgehead atoms. The number of imidazole rings is 1. The van der Waals surface area contributed by atoms with E-state index in [2.05, 4.69) is 38.6 Å². The van der Waals surface area contributed by atoms with Gasteiger partial charge >= 0.3 is 0 Å². The van der Waals surface area contributed by atoms with Gasteiger partial charge in [-0.2, -0.15) is 0 Å². The topological polar surface area (TPSA) is 66.2 Å². The van der Waals surface area contributed by atoms with Gasteiger partial charge in [0.25, 0.3) is 0 Å². The predicted molar refractivity (Wildman–Crippen MR) is 111 cm³/mol. The van der Waals surface area contributed by atoms with Crippen molar-refractivity contribution in [3.63, 3.8) is 0 Å². The molecule has 2 aromatic heterocycles. The molecule has 7 heteroatoms. The van der Waals surface area contributed by atoms with E-state index >= 15 is 0 Å². The lowest BCUT2D eigenvalue weighted by atomic mass is 10.3. The van der Waals surface area contributed by atoms with Gasteiger partial charge in [0, 0.05) is 61.7 Å². The number of nitrogens with one attached hydrogen (secondary N) is 2. The molecule has 0 spiro atoms. The monoisotopic (exact) mass is 368 g/mol. The number of anilines is 1. The average molecular weight is 368 g/mol. The Morgan fingerprint density at radius 2 is 2.19 bits per heavy atom. The van der Waals surface area contributed by atoms with Crippen LogP contribution in [-0.2, 0) is 4.74 Å². The van der Waals surface area contributed by atoms with Crippen LogP contribution in [0.2, 0.25) is 0 Å². The number of hydrogen-bond acceptors (Lipinski definition) is 5. The fraction of sp³-hybridized carbons (Fsp3) is 0.400. The quantitative estimate of drug-likeness (QED) is 0.375. The van der Waals surface area contributed by atoms with E-state index < -0.39 is 0 Å². The molecule has 0 amide bonds. The van der Waals surface area contributed by atoms with Gasteiger partial charge in [-0.1, -0.05) is 6.42 Å². The second-order valence-corrected chi connectivity index (χ2v) is 6.11. The molecule has 0 saturated carbocycles. The molecule has 1 fully saturated rings. The van der Waals surface area contributed by atoms with Crippen LogP contribution in [0.15, 0.2) is 47.5 Å². The van der Waals surface area contributed by atoms with Crippen molar-refractivity contribution >= 4 is 17.2 Å². The number of terminal acetylenes is 1. The molecule has 7 nitrogen and oxygen atoms in total. The predicted octanol–water partition coefficient (Wildman–Crippen LogP) is 2.20. The third kappa shape index (κ3) is 7.13. The van der Waals surface area contributed by atoms with E-state index in [9.17, 15) is 0 Å². The van der Waals surface area contributed by atoms with E-state index in [1.807, 2.05) is 48.9 Å². The molecule has 1 aliphatic heterocycles. The Kier molecular flexibility index (Phi) is 8.36. The van der Waals surface area contributed by atoms with Gasteiger partial charge in [-0.25, -0.2) is 4.98 Å². The number of nitrogens with zero attached hydrogens (tertiary/aromatic N) is 4. The lowest BCUT2D eigenvalue weighted by Crippen LogP contribution is -2.32. The zero-order valence-corrected chi connectivity index (χ0v) is 16.3. The minimum atomic E-state index is 0.688. The maximum Gasteiger partial charge on any atom is 0.138 e. The summed E-state index contributed by atoms with van der Waals surface area (Å²) < 4.78 is 7.05. The molecular weight excluding hydrogens is 340 g/mol. The molecule has 0 unspecified atom stereocenters. The molecule has 3 heterocycles. The minimum Gasteiger partial charge on any atom is -0.379 e. The average Bonchev–Trinajstić information content (AvgIpc) is 3.11. The summed E-state index contributed by atoms with van der Waals surface area (Å²) in [6, 6.07) is 6.32. The summed E-state index contributed by atoms with van der Waals surface area (Å²) in [6.45, 7) is 8.59. The van der Waals surface area contributed by atoms with Gasteiger partial charge in [-0.15, -0.1) is 0 Å². The molecular formula is C20H28N6O. The molecule has 2 aromatic rings. The largest absolute Gasteiger partial charge is 0.379 e. The van der Waals surface area contributed by atoms with E-state index in [0.29, 0.717) is 6.54 Å². The molecule has 27 heavy (non-hydrogen) atoms. The second-order valence-electron chi connectivity index (χ2n) is 6.11. The van der Waals surface area contributed by atoms with Gasteiger partial charge in [-0.05, 0) is 33.0 Å². The second kappa shape index (κ2) is 11.0. The number of ether oxygens (including phenoxy) is 1. The van der Waals surface area contributed by atoms with Crippen molar-refractivity contribution in [3.05, 3.63) is 42.5 Å². The number of aliphatic imine (C=N–C) groups is 1. The smallest absolute Gasteiger partial charge is 0.138 e. The molecule has 0 atom stereocenters. The summed E-state index contributed by atoms with van der Waals surface area (Å²) in [5, 5.41) is 6.06. The van der Waals surface area contributed by atoms with Crippen molar-refractivity contribution in [2.45, 2.75) is 13.8 Å². The third-order valence-corrected chi connectivity index (χ3v) is 3.86. The maximum atomic E-state index is 5.21. The molecule has 0 aliphatic carbocycles. The van der Waals surface area contributed by atoms with Crippen LogP contribution in [0.3, 0.4) is 0 Å². The van der Waals surface area contributed by atoms with Gasteiger partial charge in [-0.3, -0.25) is 4.99 Å². The number of hydrogen-bond donors (Lipinski definition) is 2. The van der Waals surface area contributed by atoms with Crippen LogP contribution >= 0.6 is 0 Å². The highest BCUT2D eigenvalue weighted by Crippen LogP contribution is 2.11. The maximum absolute atomic E-state index is 5.21. The van der Waals surface area contributed by atoms with E-state index in [4.69, 9.17) is 11.2 Å². The van der Waals surface area contributed by atoms with E-state index in [1.54, 1.807) is 6.20 Å². The van der Waals surface area contributed by atoms with E-state index in [-0.39, 0.29) is 0 Å². The zero-order valence-electron chi connectivity index (χ0n) is 16.3. The summed E-state index contributed by atoms with van der Waals surface area (Å²) in [6.07, 6.45) is 12.7. The zero-order chi connectivity index (χ0) is 19.5. The number of allylic oxidation sites excluding steroid dienone is 1. The van der Waals surface area contributed by atoms with Crippen LogP contribution < -0.4 is 10.6 Å². The van der Waals surface area contributed by atoms with Crippen LogP contribution in [0.1, 0.15) is 13.8 Å². The fourth-order valence-electron chi connectivity index (χ4n) is 2.44. The van der Waals surface area contributed by atoms with E-state index in [1.165, 1.54) is 0 Å². The van der Waals surface area contributed by atoms with Crippen LogP contribution in [0.25, 0.3) is 5.65 Å². The van der Waals surface area contributed by atoms with Gasteiger partial charge in [0.15, 0.2) is 0 Å². The molecule has 1 saturated heterocycles. The molecule has 3 rings (SSSR count). The third-order valence-electron chi connectivity index (χ3n) is 3.86. The van der Waals surface area contributed by atoms with Gasteiger partial charge in [0.05, 0.1) is 13.2 Å². The first kappa shape index (κ1) is 20.5. The van der Waals surface area contributed by atoms with Gasteiger partial charge < -0.3 is 24.7 Å². The van der Waals surface area contributed by atoms with Crippen molar-refractivity contribution in [1.29, 1.82) is 0 Å². The van der Waals surface area contributed by atoms with Crippen molar-refractivity contribution < 1.29 is 4.74 Å². The normalized spacial score (nSPS) is 15.6. The van der Waals surface area contributed by atoms with Crippen LogP contribution in [0.4, 0.5) is 5.69 Å². The number of aromatic nitrogens is 2. The highest BCUT2D eigenvalue weighted by molar-refractivity contribution is 6.04. The summed E-state index contributed by atoms with van der Waals surface area (Å²) >= 11 is 0. The van der Waals surface area contributed by atoms with Crippen LogP contribution in [0, 0.1) is 12.5 Å². The Balaban J connectivity index is 0.000000313. The summed E-state index contributed by atoms with van der Waals surface area (Å²) in [5.74, 6) is 0.753. The Morgan fingerprint density at radius 3 is 2.81 bits per heavy atom. The highest BCUT2D eigenvalue weighted by Gasteiger charge is 2.02. The van der Waals surface area contributed by atoms with Gasteiger partial charge in [0.2, 0.25) is 0 Å². The molecule has 144 valence electrons. The number of amidine groups is 1. The minimum absolute atomic E-state index is 0.688. The van der Waals surface area contributed by atoms with Gasteiger partial charge in [0.1, 0.15) is 11.5 Å². The summed E-state index contributed by atoms with van der Waals surface area (Å²) in [7, 11) is 2.11. The van der Waals surface area contributed by atoms with Crippen molar-refractivity contribution in [2.75, 3.05) is 45.2 Å². The van der Waals surface area contributed by atoms with Crippen LogP contribution in [-0.4, -0.2) is 60.0 Å². The lowest BCUT2D eigenvalue weighted by Gasteiger charge is -2.21. The Bertz CT molecular complexity index is 811. The fourth-order valence-corrected chi connectivity index (χ4v) is 2.44. The Morgan fingerprint density at radius 1 is 1.41 bits per heavy atom. The number of morpholine rings is 1. The SMILES string of the molecule is C#CN/C(C)=C\C(=NCC)Nc1ccn2ccnc2c1.CN1CCOCC1. The van der Waals surface area contributed by atoms with Crippen molar-refractivity contribution in [2.24, 2.45) is 4.99 Å². The summed E-state index contributed by atoms with van der Waals surface area (Å²) in [4.78, 5) is 10.9. The molecule has 0 aromatic carbocycles. The standard InChI is InChI=1S/C15H17N5.C5H11NO/c1-4-16-12(3)10-14(17-5-2)19-13-6-8-20-9-7-18-15(20)11-13;1-6-2-4-7-5-3-6/h1,6-11,16H,5H2,2-3H3,(H,17,19);2-5H2,1H3/b12-10-;. The number of fused-ring (bicyclic) bond motifs is 1. The lowest BCUT2D eigenvalue weighted by molar-refractivity contribution is 0.0503. The highest BCUT2D eigenvalue weighted by atomic mass is 16.5. The first-order valence-corrected chi connectivity index (χ1v) is 9.02. The Labute approximate surface area is 161 Å². The number of rotatable bonds is 4.